The summed E-state index contributed by atoms with van der Waals surface area (Å²) in [5.41, 5.74) is 5.15. The van der Waals surface area contributed by atoms with E-state index in [1.54, 1.807) is 19.6 Å². The minimum atomic E-state index is 0.354. The van der Waals surface area contributed by atoms with Gasteiger partial charge in [0.05, 0.1) is 29.9 Å². The lowest BCUT2D eigenvalue weighted by atomic mass is 9.96. The van der Waals surface area contributed by atoms with Gasteiger partial charge >= 0.3 is 0 Å². The topological polar surface area (TPSA) is 91.5 Å². The third kappa shape index (κ3) is 3.17. The van der Waals surface area contributed by atoms with Gasteiger partial charge in [-0.25, -0.2) is 9.97 Å². The first kappa shape index (κ1) is 18.3. The maximum Gasteiger partial charge on any atom is 0.144 e. The predicted molar refractivity (Wildman–Crippen MR) is 112 cm³/mol. The van der Waals surface area contributed by atoms with Gasteiger partial charge in [0.1, 0.15) is 23.5 Å². The van der Waals surface area contributed by atoms with Gasteiger partial charge in [-0.2, -0.15) is 5.10 Å². The fourth-order valence-corrected chi connectivity index (χ4v) is 3.76. The number of benzene rings is 1. The lowest BCUT2D eigenvalue weighted by Crippen LogP contribution is -2.01. The molecule has 0 saturated heterocycles. The van der Waals surface area contributed by atoms with Crippen LogP contribution >= 0.6 is 0 Å². The summed E-state index contributed by atoms with van der Waals surface area (Å²) in [6, 6.07) is 3.95. The Morgan fingerprint density at radius 1 is 1.14 bits per heavy atom. The number of H-pyrrole nitrogens is 2. The number of hydrogen-bond donors (Lipinski definition) is 3. The monoisotopic (exact) mass is 378 g/mol. The average molecular weight is 378 g/mol. The first-order chi connectivity index (χ1) is 13.5. The van der Waals surface area contributed by atoms with E-state index >= 15 is 0 Å². The van der Waals surface area contributed by atoms with Gasteiger partial charge in [0.25, 0.3) is 0 Å². The number of fused-ring (bicyclic) bond motifs is 2. The molecule has 146 valence electrons. The zero-order valence-corrected chi connectivity index (χ0v) is 16.9. The van der Waals surface area contributed by atoms with Crippen molar-refractivity contribution in [2.45, 2.75) is 40.0 Å². The van der Waals surface area contributed by atoms with Crippen molar-refractivity contribution in [2.24, 2.45) is 5.92 Å². The summed E-state index contributed by atoms with van der Waals surface area (Å²) in [4.78, 5) is 12.6. The van der Waals surface area contributed by atoms with Gasteiger partial charge in [-0.3, -0.25) is 5.10 Å². The number of methoxy groups -OCH3 is 1. The minimum Gasteiger partial charge on any atom is -0.494 e. The second-order valence-corrected chi connectivity index (χ2v) is 7.85. The fraction of sp³-hybridized carbons (Fsp3) is 0.381. The molecule has 3 heterocycles. The van der Waals surface area contributed by atoms with Crippen LogP contribution in [0, 0.1) is 5.92 Å². The van der Waals surface area contributed by atoms with Gasteiger partial charge < -0.3 is 15.0 Å². The first-order valence-electron chi connectivity index (χ1n) is 9.61. The van der Waals surface area contributed by atoms with Crippen LogP contribution in [0.25, 0.3) is 21.9 Å². The van der Waals surface area contributed by atoms with Crippen LogP contribution in [0.4, 0.5) is 11.5 Å². The Bertz CT molecular complexity index is 1120. The summed E-state index contributed by atoms with van der Waals surface area (Å²) >= 11 is 0. The van der Waals surface area contributed by atoms with Crippen molar-refractivity contribution in [2.75, 3.05) is 12.4 Å². The van der Waals surface area contributed by atoms with Gasteiger partial charge in [0.2, 0.25) is 0 Å². The van der Waals surface area contributed by atoms with Crippen LogP contribution in [0.15, 0.2) is 24.7 Å². The highest BCUT2D eigenvalue weighted by Gasteiger charge is 2.20. The number of aromatic amines is 2. The maximum atomic E-state index is 5.58. The summed E-state index contributed by atoms with van der Waals surface area (Å²) in [6.45, 7) is 8.87. The molecule has 0 radical (unpaired) electrons. The van der Waals surface area contributed by atoms with Crippen LogP contribution in [0.2, 0.25) is 0 Å². The number of rotatable bonds is 6. The number of aromatic nitrogens is 5. The maximum absolute atomic E-state index is 5.58. The number of nitrogens with one attached hydrogen (secondary N) is 3. The molecule has 0 atom stereocenters. The van der Waals surface area contributed by atoms with E-state index in [1.165, 1.54) is 11.3 Å². The molecular formula is C21H26N6O. The van der Waals surface area contributed by atoms with Crippen molar-refractivity contribution < 1.29 is 4.74 Å². The van der Waals surface area contributed by atoms with Gasteiger partial charge in [0.15, 0.2) is 0 Å². The van der Waals surface area contributed by atoms with Crippen LogP contribution < -0.4 is 10.1 Å². The highest BCUT2D eigenvalue weighted by atomic mass is 16.5. The molecule has 0 aliphatic rings. The SMILES string of the molecule is COc1cc2[nH]ncc2cc1Nc1ncnc2[nH]c(CC(C)C)c(C(C)C)c12. The largest absolute Gasteiger partial charge is 0.494 e. The molecule has 0 aliphatic carbocycles. The Morgan fingerprint density at radius 3 is 2.68 bits per heavy atom. The molecule has 3 N–H and O–H groups in total. The van der Waals surface area contributed by atoms with E-state index in [0.29, 0.717) is 11.8 Å². The van der Waals surface area contributed by atoms with Crippen LogP contribution in [-0.4, -0.2) is 32.3 Å². The number of ether oxygens (including phenoxy) is 1. The van der Waals surface area contributed by atoms with Crippen molar-refractivity contribution in [3.05, 3.63) is 35.9 Å². The molecule has 1 aromatic carbocycles. The molecule has 0 saturated carbocycles. The fourth-order valence-electron chi connectivity index (χ4n) is 3.76. The molecule has 7 nitrogen and oxygen atoms in total. The molecule has 0 fully saturated rings. The van der Waals surface area contributed by atoms with E-state index in [-0.39, 0.29) is 0 Å². The zero-order chi connectivity index (χ0) is 19.8. The molecule has 0 bridgehead atoms. The Hall–Kier alpha value is -3.09. The Kier molecular flexibility index (Phi) is 4.66. The van der Waals surface area contributed by atoms with E-state index < -0.39 is 0 Å². The van der Waals surface area contributed by atoms with Crippen molar-refractivity contribution in [1.82, 2.24) is 25.1 Å². The summed E-state index contributed by atoms with van der Waals surface area (Å²) in [5.74, 6) is 2.42. The smallest absolute Gasteiger partial charge is 0.144 e. The molecule has 0 unspecified atom stereocenters. The normalized spacial score (nSPS) is 11.8. The Morgan fingerprint density at radius 2 is 1.96 bits per heavy atom. The number of hydrogen-bond acceptors (Lipinski definition) is 5. The third-order valence-corrected chi connectivity index (χ3v) is 4.91. The predicted octanol–water partition coefficient (Wildman–Crippen LogP) is 4.91. The average Bonchev–Trinajstić information content (AvgIpc) is 3.24. The van der Waals surface area contributed by atoms with Crippen molar-refractivity contribution in [3.8, 4) is 5.75 Å². The molecule has 3 aromatic heterocycles. The molecule has 0 aliphatic heterocycles. The van der Waals surface area contributed by atoms with E-state index in [2.05, 4.69) is 58.2 Å². The molecule has 0 spiro atoms. The molecule has 7 heteroatoms. The number of nitrogens with zero attached hydrogens (tertiary/aromatic N) is 3. The van der Waals surface area contributed by atoms with Gasteiger partial charge in [-0.05, 0) is 29.9 Å². The van der Waals surface area contributed by atoms with Crippen molar-refractivity contribution in [1.29, 1.82) is 0 Å². The van der Waals surface area contributed by atoms with Gasteiger partial charge in [-0.1, -0.05) is 27.7 Å². The lowest BCUT2D eigenvalue weighted by Gasteiger charge is -2.14. The first-order valence-corrected chi connectivity index (χ1v) is 9.61. The van der Waals surface area contributed by atoms with E-state index in [1.807, 2.05) is 12.1 Å². The highest BCUT2D eigenvalue weighted by Crippen LogP contribution is 2.37. The molecule has 0 amide bonds. The van der Waals surface area contributed by atoms with Crippen LogP contribution in [0.5, 0.6) is 5.75 Å². The number of anilines is 2. The van der Waals surface area contributed by atoms with Gasteiger partial charge in [-0.15, -0.1) is 0 Å². The summed E-state index contributed by atoms with van der Waals surface area (Å²) in [5, 5.41) is 12.6. The summed E-state index contributed by atoms with van der Waals surface area (Å²) < 4.78 is 5.58. The standard InChI is InChI=1S/C21H26N6O/c1-11(2)6-16-18(12(3)4)19-20(22-10-23-21(19)26-16)25-15-7-13-9-24-27-14(13)8-17(15)28-5/h7-12H,6H2,1-5H3,(H,24,27)(H2,22,23,25,26). The summed E-state index contributed by atoms with van der Waals surface area (Å²) in [6.07, 6.45) is 4.37. The molecular weight excluding hydrogens is 352 g/mol. The van der Waals surface area contributed by atoms with E-state index in [0.717, 1.165) is 45.6 Å². The second kappa shape index (κ2) is 7.14. The zero-order valence-electron chi connectivity index (χ0n) is 16.9. The van der Waals surface area contributed by atoms with Crippen molar-refractivity contribution >= 4 is 33.4 Å². The minimum absolute atomic E-state index is 0.354. The molecule has 28 heavy (non-hydrogen) atoms. The van der Waals surface area contributed by atoms with Gasteiger partial charge in [0, 0.05) is 17.1 Å². The molecule has 4 rings (SSSR count). The van der Waals surface area contributed by atoms with Crippen molar-refractivity contribution in [3.63, 3.8) is 0 Å². The summed E-state index contributed by atoms with van der Waals surface area (Å²) in [7, 11) is 1.66. The van der Waals surface area contributed by atoms with Crippen LogP contribution in [-0.2, 0) is 6.42 Å². The van der Waals surface area contributed by atoms with E-state index in [4.69, 9.17) is 4.74 Å². The third-order valence-electron chi connectivity index (χ3n) is 4.91. The Balaban J connectivity index is 1.86. The van der Waals surface area contributed by atoms with E-state index in [9.17, 15) is 0 Å². The lowest BCUT2D eigenvalue weighted by molar-refractivity contribution is 0.417. The van der Waals surface area contributed by atoms with Crippen LogP contribution in [0.1, 0.15) is 44.9 Å². The van der Waals surface area contributed by atoms with Crippen LogP contribution in [0.3, 0.4) is 0 Å². The second-order valence-electron chi connectivity index (χ2n) is 7.85. The Labute approximate surface area is 163 Å². The highest BCUT2D eigenvalue weighted by molar-refractivity contribution is 5.95. The molecule has 4 aromatic rings. The quantitative estimate of drug-likeness (QED) is 0.443.